The Morgan fingerprint density at radius 1 is 1.23 bits per heavy atom. The molecule has 1 aliphatic rings. The standard InChI is InChI=1S/C24H24Cl2O4/c1-17-20(18-7-3-2-4-8-18)9-5-10-24(17,30-12-6-11-25)16-29-23-14-22(28)19(15-27)13-21(23)26/h2-5,7-10,13-15,17,28H,6,11-12,16H2,1H3. The van der Waals surface area contributed by atoms with E-state index in [-0.39, 0.29) is 34.6 Å². The number of aromatic hydroxyl groups is 1. The van der Waals surface area contributed by atoms with Crippen molar-refractivity contribution in [3.63, 3.8) is 0 Å². The summed E-state index contributed by atoms with van der Waals surface area (Å²) in [5, 5.41) is 10.2. The van der Waals surface area contributed by atoms with Crippen molar-refractivity contribution in [3.05, 3.63) is 76.8 Å². The van der Waals surface area contributed by atoms with Gasteiger partial charge in [-0.1, -0.05) is 61.0 Å². The molecule has 6 heteroatoms. The van der Waals surface area contributed by atoms with Gasteiger partial charge in [0.1, 0.15) is 23.7 Å². The van der Waals surface area contributed by atoms with Crippen LogP contribution in [0.5, 0.6) is 11.5 Å². The summed E-state index contributed by atoms with van der Waals surface area (Å²) in [5.41, 5.74) is 1.62. The van der Waals surface area contributed by atoms with Gasteiger partial charge in [0.05, 0.1) is 10.6 Å². The maximum absolute atomic E-state index is 11.0. The molecule has 0 heterocycles. The average molecular weight is 447 g/mol. The molecule has 0 amide bonds. The molecule has 2 aromatic carbocycles. The van der Waals surface area contributed by atoms with Crippen LogP contribution in [0.2, 0.25) is 5.02 Å². The van der Waals surface area contributed by atoms with Crippen LogP contribution in [0, 0.1) is 5.92 Å². The summed E-state index contributed by atoms with van der Waals surface area (Å²) in [6.07, 6.45) is 7.31. The van der Waals surface area contributed by atoms with Crippen LogP contribution in [-0.4, -0.2) is 36.1 Å². The van der Waals surface area contributed by atoms with Crippen molar-refractivity contribution in [2.45, 2.75) is 18.9 Å². The number of phenolic OH excluding ortho intramolecular Hbond substituents is 1. The minimum atomic E-state index is -0.742. The van der Waals surface area contributed by atoms with E-state index in [1.807, 2.05) is 30.4 Å². The number of ether oxygens (including phenoxy) is 2. The van der Waals surface area contributed by atoms with Crippen LogP contribution < -0.4 is 4.74 Å². The van der Waals surface area contributed by atoms with Gasteiger partial charge in [-0.25, -0.2) is 0 Å². The SMILES string of the molecule is CC1C(c2ccccc2)=CC=CC1(COc1cc(O)c(C=O)cc1Cl)OCCCCl. The largest absolute Gasteiger partial charge is 0.507 e. The molecule has 0 saturated carbocycles. The van der Waals surface area contributed by atoms with Crippen LogP contribution in [0.4, 0.5) is 0 Å². The zero-order chi connectivity index (χ0) is 21.6. The third kappa shape index (κ3) is 4.89. The molecule has 2 unspecified atom stereocenters. The Bertz CT molecular complexity index is 940. The first-order valence-corrected chi connectivity index (χ1v) is 10.7. The second kappa shape index (κ2) is 10.2. The Hall–Kier alpha value is -2.27. The first kappa shape index (κ1) is 22.4. The van der Waals surface area contributed by atoms with Gasteiger partial charge in [0.15, 0.2) is 6.29 Å². The number of benzene rings is 2. The van der Waals surface area contributed by atoms with Crippen molar-refractivity contribution in [2.24, 2.45) is 5.92 Å². The minimum Gasteiger partial charge on any atom is -0.507 e. The first-order chi connectivity index (χ1) is 14.5. The van der Waals surface area contributed by atoms with Crippen molar-refractivity contribution < 1.29 is 19.4 Å². The molecule has 0 radical (unpaired) electrons. The van der Waals surface area contributed by atoms with E-state index in [9.17, 15) is 9.90 Å². The van der Waals surface area contributed by atoms with Gasteiger partial charge in [0.25, 0.3) is 0 Å². The summed E-state index contributed by atoms with van der Waals surface area (Å²) in [6.45, 7) is 2.75. The lowest BCUT2D eigenvalue weighted by atomic mass is 9.77. The molecule has 1 N–H and O–H groups in total. The van der Waals surface area contributed by atoms with Crippen molar-refractivity contribution in [3.8, 4) is 11.5 Å². The number of rotatable bonds is 9. The number of hydrogen-bond acceptors (Lipinski definition) is 4. The Kier molecular flexibility index (Phi) is 7.59. The molecule has 0 fully saturated rings. The smallest absolute Gasteiger partial charge is 0.153 e. The number of phenols is 1. The van der Waals surface area contributed by atoms with Crippen LogP contribution in [0.15, 0.2) is 60.7 Å². The van der Waals surface area contributed by atoms with E-state index >= 15 is 0 Å². The van der Waals surface area contributed by atoms with Gasteiger partial charge < -0.3 is 14.6 Å². The second-order valence-corrected chi connectivity index (χ2v) is 7.95. The van der Waals surface area contributed by atoms with Gasteiger partial charge in [-0.15, -0.1) is 11.6 Å². The molecule has 0 saturated heterocycles. The Labute approximate surface area is 186 Å². The fourth-order valence-electron chi connectivity index (χ4n) is 3.50. The molecule has 0 aromatic heterocycles. The summed E-state index contributed by atoms with van der Waals surface area (Å²) >= 11 is 12.1. The molecular weight excluding hydrogens is 423 g/mol. The Morgan fingerprint density at radius 2 is 2.00 bits per heavy atom. The van der Waals surface area contributed by atoms with Gasteiger partial charge in [0.2, 0.25) is 0 Å². The van der Waals surface area contributed by atoms with E-state index in [2.05, 4.69) is 25.1 Å². The molecule has 2 atom stereocenters. The van der Waals surface area contributed by atoms with Gasteiger partial charge in [-0.3, -0.25) is 4.79 Å². The molecule has 3 rings (SSSR count). The molecule has 0 spiro atoms. The predicted octanol–water partition coefficient (Wildman–Crippen LogP) is 5.91. The third-order valence-corrected chi connectivity index (χ3v) is 5.83. The first-order valence-electron chi connectivity index (χ1n) is 9.76. The quantitative estimate of drug-likeness (QED) is 0.295. The summed E-state index contributed by atoms with van der Waals surface area (Å²) in [5.74, 6) is 0.598. The van der Waals surface area contributed by atoms with Gasteiger partial charge in [-0.05, 0) is 29.7 Å². The van der Waals surface area contributed by atoms with E-state index in [0.717, 1.165) is 11.1 Å². The van der Waals surface area contributed by atoms with Gasteiger partial charge >= 0.3 is 0 Å². The fourth-order valence-corrected chi connectivity index (χ4v) is 3.84. The molecule has 0 bridgehead atoms. The van der Waals surface area contributed by atoms with Crippen molar-refractivity contribution in [1.82, 2.24) is 0 Å². The number of carbonyl (C=O) groups is 1. The summed E-state index contributed by atoms with van der Waals surface area (Å²) < 4.78 is 12.3. The summed E-state index contributed by atoms with van der Waals surface area (Å²) in [6, 6.07) is 12.9. The molecule has 1 aliphatic carbocycles. The lowest BCUT2D eigenvalue weighted by molar-refractivity contribution is -0.0591. The maximum atomic E-state index is 11.0. The highest BCUT2D eigenvalue weighted by molar-refractivity contribution is 6.32. The number of allylic oxidation sites excluding steroid dienone is 2. The monoisotopic (exact) mass is 446 g/mol. The third-order valence-electron chi connectivity index (χ3n) is 5.27. The van der Waals surface area contributed by atoms with Crippen molar-refractivity contribution >= 4 is 35.1 Å². The lowest BCUT2D eigenvalue weighted by Gasteiger charge is -2.39. The van der Waals surface area contributed by atoms with Crippen molar-refractivity contribution in [2.75, 3.05) is 19.1 Å². The number of alkyl halides is 1. The zero-order valence-corrected chi connectivity index (χ0v) is 18.2. The highest BCUT2D eigenvalue weighted by Crippen LogP contribution is 2.40. The zero-order valence-electron chi connectivity index (χ0n) is 16.7. The van der Waals surface area contributed by atoms with Crippen LogP contribution in [0.25, 0.3) is 5.57 Å². The molecule has 158 valence electrons. The minimum absolute atomic E-state index is 0.0122. The number of carbonyl (C=O) groups excluding carboxylic acids is 1. The lowest BCUT2D eigenvalue weighted by Crippen LogP contribution is -2.45. The van der Waals surface area contributed by atoms with E-state index in [1.165, 1.54) is 12.1 Å². The van der Waals surface area contributed by atoms with Crippen LogP contribution in [0.3, 0.4) is 0 Å². The Balaban J connectivity index is 1.88. The van der Waals surface area contributed by atoms with Crippen LogP contribution >= 0.6 is 23.2 Å². The van der Waals surface area contributed by atoms with E-state index in [1.54, 1.807) is 0 Å². The molecular formula is C24H24Cl2O4. The molecule has 2 aromatic rings. The van der Waals surface area contributed by atoms with Gasteiger partial charge in [0, 0.05) is 24.5 Å². The predicted molar refractivity (Wildman–Crippen MR) is 121 cm³/mol. The maximum Gasteiger partial charge on any atom is 0.153 e. The highest BCUT2D eigenvalue weighted by atomic mass is 35.5. The van der Waals surface area contributed by atoms with Crippen molar-refractivity contribution in [1.29, 1.82) is 0 Å². The normalized spacial score (nSPS) is 20.6. The van der Waals surface area contributed by atoms with Gasteiger partial charge in [-0.2, -0.15) is 0 Å². The summed E-state index contributed by atoms with van der Waals surface area (Å²) in [7, 11) is 0. The number of hydrogen-bond donors (Lipinski definition) is 1. The second-order valence-electron chi connectivity index (χ2n) is 7.16. The molecule has 4 nitrogen and oxygen atoms in total. The highest BCUT2D eigenvalue weighted by Gasteiger charge is 2.40. The van der Waals surface area contributed by atoms with E-state index in [0.29, 0.717) is 25.2 Å². The average Bonchev–Trinajstić information content (AvgIpc) is 2.76. The topological polar surface area (TPSA) is 55.8 Å². The van der Waals surface area contributed by atoms with Crippen LogP contribution in [-0.2, 0) is 4.74 Å². The Morgan fingerprint density at radius 3 is 2.70 bits per heavy atom. The van der Waals surface area contributed by atoms with Crippen LogP contribution in [0.1, 0.15) is 29.3 Å². The number of halogens is 2. The summed E-state index contributed by atoms with van der Waals surface area (Å²) in [4.78, 5) is 11.0. The number of aldehydes is 1. The molecule has 30 heavy (non-hydrogen) atoms. The fraction of sp³-hybridized carbons (Fsp3) is 0.292. The molecule has 0 aliphatic heterocycles. The van der Waals surface area contributed by atoms with E-state index < -0.39 is 5.60 Å². The van der Waals surface area contributed by atoms with E-state index in [4.69, 9.17) is 32.7 Å².